The van der Waals surface area contributed by atoms with Crippen molar-refractivity contribution in [2.75, 3.05) is 5.73 Å². The lowest BCUT2D eigenvalue weighted by Crippen LogP contribution is -2.46. The fraction of sp³-hybridized carbons (Fsp3) is 0.280. The van der Waals surface area contributed by atoms with E-state index in [0.29, 0.717) is 29.9 Å². The number of hydrogen-bond acceptors (Lipinski definition) is 9. The predicted octanol–water partition coefficient (Wildman–Crippen LogP) is 3.72. The Balaban J connectivity index is 1.25. The summed E-state index contributed by atoms with van der Waals surface area (Å²) in [5.41, 5.74) is 10.5. The van der Waals surface area contributed by atoms with Gasteiger partial charge >= 0.3 is 0 Å². The van der Waals surface area contributed by atoms with E-state index in [-0.39, 0.29) is 35.6 Å². The van der Waals surface area contributed by atoms with Crippen LogP contribution in [0.25, 0.3) is 32.3 Å². The molecule has 2 fully saturated rings. The van der Waals surface area contributed by atoms with Crippen LogP contribution < -0.4 is 5.73 Å². The number of nitrogens with one attached hydrogen (secondary N) is 1. The van der Waals surface area contributed by atoms with E-state index < -0.39 is 0 Å². The molecule has 188 valence electrons. The second-order valence-corrected chi connectivity index (χ2v) is 10.4. The summed E-state index contributed by atoms with van der Waals surface area (Å²) in [5.74, 6) is 0.389. The van der Waals surface area contributed by atoms with E-state index in [9.17, 15) is 4.79 Å². The van der Waals surface area contributed by atoms with Crippen LogP contribution in [0.4, 0.5) is 11.5 Å². The number of nitrogens with zero attached hydrogens (tertiary/aromatic N) is 9. The van der Waals surface area contributed by atoms with E-state index >= 15 is 0 Å². The minimum absolute atomic E-state index is 0.00386. The first-order chi connectivity index (χ1) is 18.6. The quantitative estimate of drug-likeness (QED) is 0.339. The Morgan fingerprint density at radius 2 is 2.00 bits per heavy atom. The highest BCUT2D eigenvalue weighted by Gasteiger charge is 2.45. The number of rotatable bonds is 4. The van der Waals surface area contributed by atoms with Crippen molar-refractivity contribution in [3.05, 3.63) is 65.4 Å². The maximum Gasteiger partial charge on any atom is 0.291 e. The summed E-state index contributed by atoms with van der Waals surface area (Å²) in [6, 6.07) is 3.98. The van der Waals surface area contributed by atoms with E-state index in [1.165, 1.54) is 22.2 Å². The molecule has 5 aromatic heterocycles. The monoisotopic (exact) mass is 523 g/mol. The molecule has 0 aromatic carbocycles. The molecule has 7 heterocycles. The third-order valence-corrected chi connectivity index (χ3v) is 8.29. The maximum absolute atomic E-state index is 13.1. The van der Waals surface area contributed by atoms with E-state index in [2.05, 4.69) is 35.1 Å². The van der Waals surface area contributed by atoms with Crippen LogP contribution in [-0.2, 0) is 0 Å². The molecule has 0 saturated carbocycles. The number of nitrogens with two attached hydrogens (primary N) is 1. The van der Waals surface area contributed by atoms with Gasteiger partial charge in [0.15, 0.2) is 5.65 Å². The number of anilines is 1. The second kappa shape index (κ2) is 8.70. The van der Waals surface area contributed by atoms with Gasteiger partial charge in [-0.3, -0.25) is 14.9 Å². The molecule has 1 amide bonds. The Hall–Kier alpha value is -4.70. The average molecular weight is 524 g/mol. The fourth-order valence-corrected chi connectivity index (χ4v) is 6.43. The van der Waals surface area contributed by atoms with Crippen LogP contribution in [0.1, 0.15) is 47.9 Å². The molecular formula is C25H21N11OS. The summed E-state index contributed by atoms with van der Waals surface area (Å²) in [7, 11) is 0. The highest BCUT2D eigenvalue weighted by molar-refractivity contribution is 7.13. The lowest BCUT2D eigenvalue weighted by Gasteiger charge is -2.38. The van der Waals surface area contributed by atoms with E-state index in [1.54, 1.807) is 18.6 Å². The van der Waals surface area contributed by atoms with Gasteiger partial charge in [0.2, 0.25) is 11.5 Å². The van der Waals surface area contributed by atoms with Crippen LogP contribution in [0.2, 0.25) is 0 Å². The van der Waals surface area contributed by atoms with E-state index in [1.807, 2.05) is 22.4 Å². The van der Waals surface area contributed by atoms with Crippen LogP contribution in [0.15, 0.2) is 42.4 Å². The van der Waals surface area contributed by atoms with Crippen molar-refractivity contribution in [3.63, 3.8) is 0 Å². The molecule has 2 saturated heterocycles. The topological polar surface area (TPSA) is 148 Å². The highest BCUT2D eigenvalue weighted by Crippen LogP contribution is 2.46. The molecule has 2 atom stereocenters. The number of fused-ring (bicyclic) bond motifs is 3. The van der Waals surface area contributed by atoms with Gasteiger partial charge in [0.05, 0.1) is 24.2 Å². The van der Waals surface area contributed by atoms with Crippen molar-refractivity contribution in [2.45, 2.75) is 43.7 Å². The number of piperidine rings is 1. The van der Waals surface area contributed by atoms with Crippen molar-refractivity contribution in [1.29, 1.82) is 0 Å². The first-order valence-corrected chi connectivity index (χ1v) is 13.1. The molecule has 3 N–H and O–H groups in total. The van der Waals surface area contributed by atoms with Gasteiger partial charge in [0.25, 0.3) is 5.91 Å². The van der Waals surface area contributed by atoms with Gasteiger partial charge in [0.1, 0.15) is 17.2 Å². The Morgan fingerprint density at radius 3 is 2.66 bits per heavy atom. The Labute approximate surface area is 220 Å². The molecule has 5 aromatic rings. The highest BCUT2D eigenvalue weighted by atomic mass is 32.1. The van der Waals surface area contributed by atoms with Gasteiger partial charge in [-0.05, 0) is 37.7 Å². The van der Waals surface area contributed by atoms with E-state index in [0.717, 1.165) is 34.7 Å². The summed E-state index contributed by atoms with van der Waals surface area (Å²) in [5, 5.41) is 13.7. The summed E-state index contributed by atoms with van der Waals surface area (Å²) < 4.78 is 1.53. The van der Waals surface area contributed by atoms with Gasteiger partial charge in [-0.1, -0.05) is 6.07 Å². The third-order valence-electron chi connectivity index (χ3n) is 7.49. The predicted molar refractivity (Wildman–Crippen MR) is 139 cm³/mol. The molecule has 7 rings (SSSR count). The zero-order valence-electron chi connectivity index (χ0n) is 20.0. The zero-order chi connectivity index (χ0) is 25.8. The molecular weight excluding hydrogens is 502 g/mol. The molecule has 38 heavy (non-hydrogen) atoms. The molecule has 0 aliphatic carbocycles. The number of carbonyl (C=O) groups is 1. The smallest absolute Gasteiger partial charge is 0.291 e. The maximum atomic E-state index is 13.1. The number of aromatic nitrogens is 8. The summed E-state index contributed by atoms with van der Waals surface area (Å²) in [4.78, 5) is 36.7. The number of carbonyl (C=O) groups excluding carboxylic acids is 1. The molecule has 12 nitrogen and oxygen atoms in total. The van der Waals surface area contributed by atoms with Crippen LogP contribution >= 0.6 is 11.3 Å². The number of hydrogen-bond donors (Lipinski definition) is 2. The second-order valence-electron chi connectivity index (χ2n) is 9.51. The summed E-state index contributed by atoms with van der Waals surface area (Å²) >= 11 is 1.53. The summed E-state index contributed by atoms with van der Waals surface area (Å²) in [6.45, 7) is 7.87. The van der Waals surface area contributed by atoms with Gasteiger partial charge in [0, 0.05) is 41.0 Å². The van der Waals surface area contributed by atoms with Gasteiger partial charge in [-0.25, -0.2) is 24.3 Å². The number of nitrogen functional groups attached to an aromatic ring is 1. The van der Waals surface area contributed by atoms with E-state index in [4.69, 9.17) is 17.3 Å². The van der Waals surface area contributed by atoms with Crippen LogP contribution in [0.5, 0.6) is 0 Å². The average Bonchev–Trinajstić information content (AvgIpc) is 3.75. The van der Waals surface area contributed by atoms with Crippen LogP contribution in [0, 0.1) is 6.57 Å². The first kappa shape index (κ1) is 22.5. The molecule has 2 unspecified atom stereocenters. The normalized spacial score (nSPS) is 20.6. The van der Waals surface area contributed by atoms with Crippen molar-refractivity contribution >= 4 is 34.4 Å². The fourth-order valence-electron chi connectivity index (χ4n) is 5.82. The van der Waals surface area contributed by atoms with Gasteiger partial charge < -0.3 is 10.6 Å². The van der Waals surface area contributed by atoms with Gasteiger partial charge in [-0.15, -0.1) is 11.3 Å². The first-order valence-electron chi connectivity index (χ1n) is 12.2. The molecule has 2 bridgehead atoms. The molecule has 13 heteroatoms. The number of pyridine rings is 1. The largest absolute Gasteiger partial charge is 0.392 e. The van der Waals surface area contributed by atoms with Crippen molar-refractivity contribution < 1.29 is 4.79 Å². The minimum Gasteiger partial charge on any atom is -0.392 e. The standard InChI is InChI=1S/C25H21N11OS/c1-27-20-19(14-8-15-3-4-16(9-14)35(15)25(37)22-30-12-31-34-22)33-23-17(11-32-36(23)21(20)26)13-2-5-18(29-10-13)24-28-6-7-38-24/h2,5-7,10-12,14-16H,3-4,8-9,26H2,(H,30,31,34). The van der Waals surface area contributed by atoms with Crippen molar-refractivity contribution in [3.8, 4) is 21.8 Å². The Kier molecular flexibility index (Phi) is 5.15. The number of aromatic amines is 1. The van der Waals surface area contributed by atoms with Crippen molar-refractivity contribution in [1.82, 2.24) is 44.6 Å². The SMILES string of the molecule is [C-]#[N+]c1c(C2CC3CCC(C2)N3C(=O)c2ncn[nH]2)nc2c(-c3ccc(-c4nccs4)nc3)cnn2c1N. The van der Waals surface area contributed by atoms with Crippen LogP contribution in [0.3, 0.4) is 0 Å². The summed E-state index contributed by atoms with van der Waals surface area (Å²) in [6.07, 6.45) is 9.80. The Bertz CT molecular complexity index is 1670. The third kappa shape index (κ3) is 3.45. The molecule has 0 spiro atoms. The zero-order valence-corrected chi connectivity index (χ0v) is 20.8. The minimum atomic E-state index is -0.131. The number of thiazole rings is 1. The molecule has 0 radical (unpaired) electrons. The number of amides is 1. The molecule has 2 aliphatic rings. The number of H-pyrrole nitrogens is 1. The Morgan fingerprint density at radius 1 is 1.16 bits per heavy atom. The molecule has 2 aliphatic heterocycles. The van der Waals surface area contributed by atoms with Crippen LogP contribution in [-0.4, -0.2) is 62.6 Å². The lowest BCUT2D eigenvalue weighted by molar-refractivity contribution is 0.0558. The van der Waals surface area contributed by atoms with Gasteiger partial charge in [-0.2, -0.15) is 10.2 Å². The van der Waals surface area contributed by atoms with Crippen molar-refractivity contribution in [2.24, 2.45) is 0 Å². The lowest BCUT2D eigenvalue weighted by atomic mass is 9.87.